The van der Waals surface area contributed by atoms with Crippen molar-refractivity contribution in [3.63, 3.8) is 0 Å². The van der Waals surface area contributed by atoms with E-state index < -0.39 is 321 Å². The summed E-state index contributed by atoms with van der Waals surface area (Å²) in [6, 6.07) is -6.68. The highest BCUT2D eigenvalue weighted by atomic mass is 16.8. The lowest BCUT2D eigenvalue weighted by atomic mass is 9.88. The molecule has 0 aromatic carbocycles. The van der Waals surface area contributed by atoms with Gasteiger partial charge in [-0.15, -0.1) is 0 Å². The zero-order valence-corrected chi connectivity index (χ0v) is 81.9. The molecule has 4 amide bonds. The standard InChI is InChI=1S/C95H170N4O41/c1-6-8-10-12-14-16-18-20-21-22-23-24-25-26-27-28-29-31-33-35-37-39-41-43-66(113)99-56(57(110)42-40-38-36-34-32-30-19-17-15-13-11-9-7-2)52-127-90-77(121)76(120)82(64(50-105)132-90)135-93-80(124)87(83(65(51-106)133-93)136-88-68(97-54(4)108)74(118)71(115)60(46-101)128-88)138-91-78(122)85(72(116)61(47-102)129-91)137-89-69(98-55(5)109)75(119)81(63(49-104)131-89)134-92-79(123)86(73(117)62(48-103)130-92)140-95(94(125)126)44-58(111)67(96-53(3)107)84(139-95)70(114)59(112)45-100/h40,42,56-65,67-93,100-106,110-112,114-124H,6-39,41,43-52H2,1-5H3,(H,96,107)(H,97,108)(H,98,109)(H,99,113)(H,125,126)/b42-40+/t56-,57+,58?,59+,60?,61?,62?,63?,64?,65?,67+,68?,69?,70+,71-,72-,73-,74+,75+,76+,77?,78?,79?,80?,81+,82+,83-,84?,85-,86-,87+,88-,89-,90+,91+,92-,93-,95-/m0/s1. The van der Waals surface area contributed by atoms with Gasteiger partial charge in [-0.1, -0.05) is 231 Å². The van der Waals surface area contributed by atoms with Crippen LogP contribution in [0.1, 0.15) is 272 Å². The summed E-state index contributed by atoms with van der Waals surface area (Å²) >= 11 is 0. The zero-order valence-electron chi connectivity index (χ0n) is 81.9. The highest BCUT2D eigenvalue weighted by molar-refractivity contribution is 5.77. The molecule has 0 aromatic heterocycles. The largest absolute Gasteiger partial charge is 0.477 e. The molecule has 0 spiro atoms. The van der Waals surface area contributed by atoms with Crippen LogP contribution in [0.2, 0.25) is 0 Å². The van der Waals surface area contributed by atoms with Gasteiger partial charge in [0.1, 0.15) is 165 Å². The van der Waals surface area contributed by atoms with E-state index in [1.165, 1.54) is 148 Å². The number of ether oxygens (including phenoxy) is 14. The van der Waals surface area contributed by atoms with E-state index in [2.05, 4.69) is 35.1 Å². The number of unbranched alkanes of at least 4 members (excludes halogenated alkanes) is 33. The topological polar surface area (TPSA) is 708 Å². The monoisotopic (exact) mass is 2020 g/mol. The van der Waals surface area contributed by atoms with Crippen molar-refractivity contribution in [2.45, 2.75) is 505 Å². The number of carboxylic acids is 1. The molecular weight excluding hydrogens is 1850 g/mol. The summed E-state index contributed by atoms with van der Waals surface area (Å²) in [5.74, 6) is -8.47. The molecule has 7 heterocycles. The Morgan fingerprint density at radius 1 is 0.371 bits per heavy atom. The van der Waals surface area contributed by atoms with E-state index in [1.54, 1.807) is 6.08 Å². The molecule has 140 heavy (non-hydrogen) atoms. The number of hydrogen-bond acceptors (Lipinski definition) is 40. The first-order valence-electron chi connectivity index (χ1n) is 51.1. The number of carboxylic acid groups (broad SMARTS) is 1. The van der Waals surface area contributed by atoms with Crippen molar-refractivity contribution >= 4 is 29.6 Å². The van der Waals surface area contributed by atoms with Gasteiger partial charge in [-0.25, -0.2) is 4.79 Å². The fourth-order valence-electron chi connectivity index (χ4n) is 19.1. The molecule has 7 rings (SSSR count). The predicted octanol–water partition coefficient (Wildman–Crippen LogP) is -2.13. The van der Waals surface area contributed by atoms with E-state index in [9.17, 15) is 136 Å². The fraction of sp³-hybridized carbons (Fsp3) is 0.926. The van der Waals surface area contributed by atoms with Crippen LogP contribution in [0.15, 0.2) is 12.2 Å². The summed E-state index contributed by atoms with van der Waals surface area (Å²) < 4.78 is 84.4. The van der Waals surface area contributed by atoms with Gasteiger partial charge in [0.25, 0.3) is 5.79 Å². The maximum Gasteiger partial charge on any atom is 0.364 e. The van der Waals surface area contributed by atoms with Crippen molar-refractivity contribution in [2.24, 2.45) is 0 Å². The molecule has 7 saturated heterocycles. The van der Waals surface area contributed by atoms with Gasteiger partial charge in [0.2, 0.25) is 23.6 Å². The normalized spacial score (nSPS) is 35.9. The first-order chi connectivity index (χ1) is 67.1. The van der Waals surface area contributed by atoms with Gasteiger partial charge in [-0.2, -0.15) is 0 Å². The van der Waals surface area contributed by atoms with E-state index in [0.717, 1.165) is 85.0 Å². The van der Waals surface area contributed by atoms with Crippen LogP contribution in [0, 0.1) is 0 Å². The van der Waals surface area contributed by atoms with Crippen LogP contribution >= 0.6 is 0 Å². The quantitative estimate of drug-likeness (QED) is 0.0228. The number of aliphatic hydroxyl groups excluding tert-OH is 21. The first kappa shape index (κ1) is 123. The average Bonchev–Trinajstić information content (AvgIpc) is 0.748. The van der Waals surface area contributed by atoms with Gasteiger partial charge in [-0.05, 0) is 19.3 Å². The van der Waals surface area contributed by atoms with Crippen molar-refractivity contribution in [2.75, 3.05) is 52.9 Å². The molecule has 0 saturated carbocycles. The van der Waals surface area contributed by atoms with E-state index in [0.29, 0.717) is 12.8 Å². The van der Waals surface area contributed by atoms with E-state index >= 15 is 0 Å². The number of aliphatic carboxylic acids is 1. The van der Waals surface area contributed by atoms with Crippen molar-refractivity contribution in [3.8, 4) is 0 Å². The summed E-state index contributed by atoms with van der Waals surface area (Å²) in [5, 5.41) is 260. The predicted molar refractivity (Wildman–Crippen MR) is 492 cm³/mol. The van der Waals surface area contributed by atoms with Crippen molar-refractivity contribution in [1.29, 1.82) is 0 Å². The van der Waals surface area contributed by atoms with Crippen LogP contribution in [-0.2, 0) is 90.3 Å². The molecule has 0 radical (unpaired) electrons. The summed E-state index contributed by atoms with van der Waals surface area (Å²) in [5.41, 5.74) is 0. The Hall–Kier alpha value is -4.31. The summed E-state index contributed by atoms with van der Waals surface area (Å²) in [6.45, 7) is -1.22. The Bertz CT molecular complexity index is 3450. The van der Waals surface area contributed by atoms with Gasteiger partial charge in [0.05, 0.1) is 77.1 Å². The third-order valence-corrected chi connectivity index (χ3v) is 27.2. The third kappa shape index (κ3) is 37.2. The molecule has 7 fully saturated rings. The number of nitrogens with one attached hydrogen (secondary N) is 4. The van der Waals surface area contributed by atoms with Gasteiger partial charge in [0, 0.05) is 33.6 Å². The summed E-state index contributed by atoms with van der Waals surface area (Å²) in [7, 11) is 0. The number of rotatable bonds is 67. The Balaban J connectivity index is 1.06. The van der Waals surface area contributed by atoms with Gasteiger partial charge >= 0.3 is 5.97 Å². The number of aliphatic hydroxyl groups is 21. The highest BCUT2D eigenvalue weighted by Crippen LogP contribution is 2.42. The Labute approximate surface area is 819 Å². The lowest BCUT2D eigenvalue weighted by molar-refractivity contribution is -0.402. The number of carbonyl (C=O) groups excluding carboxylic acids is 4. The van der Waals surface area contributed by atoms with Crippen molar-refractivity contribution < 1.29 is 203 Å². The van der Waals surface area contributed by atoms with Crippen molar-refractivity contribution in [1.82, 2.24) is 21.3 Å². The maximum atomic E-state index is 13.8. The second-order valence-corrected chi connectivity index (χ2v) is 38.5. The second-order valence-electron chi connectivity index (χ2n) is 38.5. The van der Waals surface area contributed by atoms with Crippen LogP contribution in [0.3, 0.4) is 0 Å². The molecular formula is C95H170N4O41. The van der Waals surface area contributed by atoms with Gasteiger partial charge < -0.3 is 200 Å². The van der Waals surface area contributed by atoms with Crippen LogP contribution in [0.25, 0.3) is 0 Å². The van der Waals surface area contributed by atoms with Crippen LogP contribution < -0.4 is 21.3 Å². The molecule has 0 bridgehead atoms. The average molecular weight is 2020 g/mol. The van der Waals surface area contributed by atoms with Gasteiger partial charge in [-0.3, -0.25) is 19.2 Å². The van der Waals surface area contributed by atoms with E-state index in [1.807, 2.05) is 6.08 Å². The highest BCUT2D eigenvalue weighted by Gasteiger charge is 2.63. The summed E-state index contributed by atoms with van der Waals surface area (Å²) in [6.07, 6.45) is -26.6. The molecule has 7 aliphatic rings. The van der Waals surface area contributed by atoms with E-state index in [4.69, 9.17) is 66.3 Å². The lowest BCUT2D eigenvalue weighted by Gasteiger charge is -2.52. The maximum absolute atomic E-state index is 13.8. The molecule has 45 heteroatoms. The molecule has 45 nitrogen and oxygen atoms in total. The molecule has 0 aliphatic carbocycles. The Morgan fingerprint density at radius 2 is 0.721 bits per heavy atom. The van der Waals surface area contributed by atoms with E-state index in [-0.39, 0.29) is 6.42 Å². The minimum Gasteiger partial charge on any atom is -0.477 e. The molecule has 816 valence electrons. The number of hydrogen-bond donors (Lipinski definition) is 26. The molecule has 14 unspecified atom stereocenters. The van der Waals surface area contributed by atoms with Crippen LogP contribution in [-0.4, -0.2) is 427 Å². The third-order valence-electron chi connectivity index (χ3n) is 27.2. The lowest BCUT2D eigenvalue weighted by Crippen LogP contribution is -2.71. The van der Waals surface area contributed by atoms with Crippen LogP contribution in [0.4, 0.5) is 0 Å². The minimum atomic E-state index is -3.27. The fourth-order valence-corrected chi connectivity index (χ4v) is 19.1. The minimum absolute atomic E-state index is 0.120. The number of allylic oxidation sites excluding steroid dienone is 1. The zero-order chi connectivity index (χ0) is 103. The number of amides is 4. The molecule has 0 aromatic rings. The Morgan fingerprint density at radius 3 is 1.16 bits per heavy atom. The van der Waals surface area contributed by atoms with Gasteiger partial charge in [0.15, 0.2) is 37.7 Å². The Kier molecular flexibility index (Phi) is 56.8. The molecule has 26 N–H and O–H groups in total. The number of carbonyl (C=O) groups is 5. The smallest absolute Gasteiger partial charge is 0.364 e. The SMILES string of the molecule is CCCCCCCCCCCCC/C=C/[C@@H](O)[C@H](CO[C@@H]1OC(CO)[C@@H](O[C@@H]2OC(CO)[C@H](O[C@@H]3OC(CO)[C@H](O)[C@H](O)C3NC(C)=O)[C@H](O[C@H]3OC(CO)[C@H](O)[C@H](O[C@@H]4OC(CO)[C@@H](O[C@@H]5OC(CO)[C@H](O)[C@H](O[C@]6(C(=O)O)CC(O)[C@@H](NC(C)=O)C([C@H](O)[C@H](O)CO)O6)C5O)[C@H](O)C4NC(C)=O)C3O)C2O)[C@H](O)C1O)NC(=O)CCCCCCCCCCCCCCCCCCCCCCCCC. The molecule has 38 atom stereocenters. The van der Waals surface area contributed by atoms with Crippen molar-refractivity contribution in [3.05, 3.63) is 12.2 Å². The first-order valence-corrected chi connectivity index (χ1v) is 51.1. The summed E-state index contributed by atoms with van der Waals surface area (Å²) in [4.78, 5) is 65.3. The second kappa shape index (κ2) is 64.8. The molecule has 7 aliphatic heterocycles. The van der Waals surface area contributed by atoms with Crippen LogP contribution in [0.5, 0.6) is 0 Å².